The standard InChI is InChI=1S/C15H20N6O/c1-11-3-4-13(18-9-11)19-15(22)21-8-7-20(2)12(10-21)14-16-5-6-17-14/h3-6,9,12H,7-8,10H2,1-2H3,(H,16,17)(H,18,19,22). The van der Waals surface area contributed by atoms with Crippen LogP contribution in [0.1, 0.15) is 17.4 Å². The highest BCUT2D eigenvalue weighted by Crippen LogP contribution is 2.21. The lowest BCUT2D eigenvalue weighted by Crippen LogP contribution is -2.50. The SMILES string of the molecule is Cc1ccc(NC(=O)N2CCN(C)C(c3ncc[nH]3)C2)nc1. The normalized spacial score (nSPS) is 19.2. The van der Waals surface area contributed by atoms with Crippen molar-refractivity contribution in [3.63, 3.8) is 0 Å². The van der Waals surface area contributed by atoms with Gasteiger partial charge in [-0.2, -0.15) is 0 Å². The molecule has 7 nitrogen and oxygen atoms in total. The van der Waals surface area contributed by atoms with Gasteiger partial charge < -0.3 is 9.88 Å². The maximum Gasteiger partial charge on any atom is 0.323 e. The predicted octanol–water partition coefficient (Wildman–Crippen LogP) is 1.63. The number of hydrogen-bond donors (Lipinski definition) is 2. The van der Waals surface area contributed by atoms with Crippen molar-refractivity contribution in [3.05, 3.63) is 42.1 Å². The van der Waals surface area contributed by atoms with Crippen molar-refractivity contribution in [3.8, 4) is 0 Å². The van der Waals surface area contributed by atoms with Crippen LogP contribution in [0.4, 0.5) is 10.6 Å². The summed E-state index contributed by atoms with van der Waals surface area (Å²) < 4.78 is 0. The third-order valence-corrected chi connectivity index (χ3v) is 3.92. The van der Waals surface area contributed by atoms with Crippen LogP contribution >= 0.6 is 0 Å². The molecular formula is C15H20N6O. The fourth-order valence-electron chi connectivity index (χ4n) is 2.54. The highest BCUT2D eigenvalue weighted by Gasteiger charge is 2.29. The molecule has 3 heterocycles. The summed E-state index contributed by atoms with van der Waals surface area (Å²) in [5, 5.41) is 2.85. The number of nitrogens with zero attached hydrogens (tertiary/aromatic N) is 4. The lowest BCUT2D eigenvalue weighted by molar-refractivity contribution is 0.112. The van der Waals surface area contributed by atoms with Gasteiger partial charge in [-0.25, -0.2) is 14.8 Å². The van der Waals surface area contributed by atoms with Gasteiger partial charge in [0.25, 0.3) is 0 Å². The average molecular weight is 300 g/mol. The molecule has 0 aliphatic carbocycles. The van der Waals surface area contributed by atoms with E-state index in [1.54, 1.807) is 23.5 Å². The molecule has 1 fully saturated rings. The first-order chi connectivity index (χ1) is 10.6. The largest absolute Gasteiger partial charge is 0.347 e. The van der Waals surface area contributed by atoms with Crippen molar-refractivity contribution in [2.24, 2.45) is 0 Å². The van der Waals surface area contributed by atoms with E-state index in [4.69, 9.17) is 0 Å². The van der Waals surface area contributed by atoms with Gasteiger partial charge in [0.05, 0.1) is 6.04 Å². The van der Waals surface area contributed by atoms with E-state index in [9.17, 15) is 4.79 Å². The molecule has 1 aliphatic heterocycles. The van der Waals surface area contributed by atoms with Gasteiger partial charge in [0.2, 0.25) is 0 Å². The molecule has 0 bridgehead atoms. The number of amides is 2. The number of piperazine rings is 1. The maximum atomic E-state index is 12.4. The van der Waals surface area contributed by atoms with Gasteiger partial charge in [-0.1, -0.05) is 6.07 Å². The molecule has 22 heavy (non-hydrogen) atoms. The van der Waals surface area contributed by atoms with Crippen molar-refractivity contribution in [2.45, 2.75) is 13.0 Å². The van der Waals surface area contributed by atoms with Crippen LogP contribution in [-0.4, -0.2) is 57.5 Å². The summed E-state index contributed by atoms with van der Waals surface area (Å²) in [6.45, 7) is 4.06. The lowest BCUT2D eigenvalue weighted by Gasteiger charge is -2.38. The Bertz CT molecular complexity index is 624. The number of urea groups is 1. The first-order valence-corrected chi connectivity index (χ1v) is 7.31. The molecular weight excluding hydrogens is 280 g/mol. The molecule has 1 atom stereocenters. The van der Waals surface area contributed by atoms with E-state index in [-0.39, 0.29) is 12.1 Å². The van der Waals surface area contributed by atoms with Crippen molar-refractivity contribution in [2.75, 3.05) is 32.0 Å². The Hall–Kier alpha value is -2.41. The van der Waals surface area contributed by atoms with Crippen LogP contribution in [0.3, 0.4) is 0 Å². The summed E-state index contributed by atoms with van der Waals surface area (Å²) in [7, 11) is 2.05. The topological polar surface area (TPSA) is 77.2 Å². The van der Waals surface area contributed by atoms with Gasteiger partial charge in [-0.15, -0.1) is 0 Å². The summed E-state index contributed by atoms with van der Waals surface area (Å²) >= 11 is 0. The third kappa shape index (κ3) is 3.09. The number of rotatable bonds is 2. The zero-order chi connectivity index (χ0) is 15.5. The van der Waals surface area contributed by atoms with Gasteiger partial charge in [0, 0.05) is 38.2 Å². The van der Waals surface area contributed by atoms with E-state index < -0.39 is 0 Å². The Kier molecular flexibility index (Phi) is 4.06. The molecule has 0 saturated carbocycles. The summed E-state index contributed by atoms with van der Waals surface area (Å²) in [6, 6.07) is 3.70. The number of pyridine rings is 1. The number of aromatic nitrogens is 3. The number of H-pyrrole nitrogens is 1. The second-order valence-electron chi connectivity index (χ2n) is 5.57. The molecule has 7 heteroatoms. The van der Waals surface area contributed by atoms with Crippen molar-refractivity contribution < 1.29 is 4.79 Å². The minimum absolute atomic E-state index is 0.0838. The quantitative estimate of drug-likeness (QED) is 0.884. The molecule has 2 aromatic heterocycles. The number of imidazole rings is 1. The van der Waals surface area contributed by atoms with Crippen molar-refractivity contribution in [1.82, 2.24) is 24.8 Å². The van der Waals surface area contributed by atoms with Gasteiger partial charge in [0.15, 0.2) is 0 Å². The monoisotopic (exact) mass is 300 g/mol. The van der Waals surface area contributed by atoms with E-state index in [1.807, 2.05) is 26.1 Å². The molecule has 0 spiro atoms. The Labute approximate surface area is 129 Å². The van der Waals surface area contributed by atoms with Crippen LogP contribution in [0.5, 0.6) is 0 Å². The first kappa shape index (κ1) is 14.5. The van der Waals surface area contributed by atoms with Gasteiger partial charge in [-0.3, -0.25) is 10.2 Å². The van der Waals surface area contributed by atoms with Crippen molar-refractivity contribution >= 4 is 11.8 Å². The Balaban J connectivity index is 1.66. The molecule has 2 aromatic rings. The second kappa shape index (κ2) is 6.15. The molecule has 116 valence electrons. The van der Waals surface area contributed by atoms with Crippen LogP contribution in [0.15, 0.2) is 30.7 Å². The van der Waals surface area contributed by atoms with Crippen LogP contribution in [0, 0.1) is 6.92 Å². The summed E-state index contributed by atoms with van der Waals surface area (Å²) in [5.41, 5.74) is 1.07. The molecule has 1 saturated heterocycles. The summed E-state index contributed by atoms with van der Waals surface area (Å²) in [5.74, 6) is 1.46. The van der Waals surface area contributed by atoms with Crippen molar-refractivity contribution in [1.29, 1.82) is 0 Å². The molecule has 2 N–H and O–H groups in total. The van der Waals surface area contributed by atoms with Crippen LogP contribution in [-0.2, 0) is 0 Å². The van der Waals surface area contributed by atoms with Gasteiger partial charge >= 0.3 is 6.03 Å². The smallest absolute Gasteiger partial charge is 0.323 e. The minimum atomic E-state index is -0.124. The van der Waals surface area contributed by atoms with Crippen LogP contribution < -0.4 is 5.32 Å². The fraction of sp³-hybridized carbons (Fsp3) is 0.400. The predicted molar refractivity (Wildman–Crippen MR) is 83.5 cm³/mol. The second-order valence-corrected chi connectivity index (χ2v) is 5.57. The zero-order valence-electron chi connectivity index (χ0n) is 12.8. The Morgan fingerprint density at radius 2 is 2.23 bits per heavy atom. The number of aryl methyl sites for hydroxylation is 1. The molecule has 1 aliphatic rings. The lowest BCUT2D eigenvalue weighted by atomic mass is 10.1. The zero-order valence-corrected chi connectivity index (χ0v) is 12.8. The molecule has 1 unspecified atom stereocenters. The third-order valence-electron chi connectivity index (χ3n) is 3.92. The van der Waals surface area contributed by atoms with E-state index in [0.29, 0.717) is 18.9 Å². The number of carbonyl (C=O) groups excluding carboxylic acids is 1. The number of aromatic amines is 1. The molecule has 3 rings (SSSR count). The summed E-state index contributed by atoms with van der Waals surface area (Å²) in [6.07, 6.45) is 5.28. The van der Waals surface area contributed by atoms with E-state index in [1.165, 1.54) is 0 Å². The van der Waals surface area contributed by atoms with Crippen LogP contribution in [0.2, 0.25) is 0 Å². The highest BCUT2D eigenvalue weighted by molar-refractivity contribution is 5.88. The molecule has 2 amide bonds. The van der Waals surface area contributed by atoms with Gasteiger partial charge in [0.1, 0.15) is 11.6 Å². The number of carbonyl (C=O) groups is 1. The number of hydrogen-bond acceptors (Lipinski definition) is 4. The average Bonchev–Trinajstić information content (AvgIpc) is 3.04. The maximum absolute atomic E-state index is 12.4. The molecule has 0 radical (unpaired) electrons. The Morgan fingerprint density at radius 1 is 1.36 bits per heavy atom. The van der Waals surface area contributed by atoms with E-state index >= 15 is 0 Å². The Morgan fingerprint density at radius 3 is 2.91 bits per heavy atom. The van der Waals surface area contributed by atoms with Gasteiger partial charge in [-0.05, 0) is 25.6 Å². The first-order valence-electron chi connectivity index (χ1n) is 7.31. The van der Waals surface area contributed by atoms with E-state index in [2.05, 4.69) is 25.2 Å². The highest BCUT2D eigenvalue weighted by atomic mass is 16.2. The summed E-state index contributed by atoms with van der Waals surface area (Å²) in [4.78, 5) is 28.0. The fourth-order valence-corrected chi connectivity index (χ4v) is 2.54. The van der Waals surface area contributed by atoms with E-state index in [0.717, 1.165) is 17.9 Å². The number of likely N-dealkylation sites (N-methyl/N-ethyl adjacent to an activating group) is 1. The van der Waals surface area contributed by atoms with Crippen LogP contribution in [0.25, 0.3) is 0 Å². The minimum Gasteiger partial charge on any atom is -0.347 e. The number of nitrogens with one attached hydrogen (secondary N) is 2. The number of anilines is 1. The molecule has 0 aromatic carbocycles.